The number of hydrazone groups is 1. The number of anilines is 1. The molecule has 0 saturated carbocycles. The minimum atomic E-state index is -2.05. The number of benzene rings is 2. The molecule has 0 aliphatic carbocycles. The number of rotatable bonds is 11. The highest BCUT2D eigenvalue weighted by atomic mass is 16.7. The number of ether oxygens (including phenoxy) is 4. The number of allylic oxidation sites excluding steroid dienone is 2. The quantitative estimate of drug-likeness (QED) is 0.0424. The number of Topliss-reactive ketones (excluding diaryl/α,β-unsaturated/α-hetero) is 1. The molecular formula is C51H74N4O12. The van der Waals surface area contributed by atoms with Crippen molar-refractivity contribution in [3.8, 4) is 23.0 Å². The summed E-state index contributed by atoms with van der Waals surface area (Å²) in [6, 6.07) is 0. The van der Waals surface area contributed by atoms with Crippen molar-refractivity contribution in [2.45, 2.75) is 137 Å². The second-order valence-corrected chi connectivity index (χ2v) is 18.8. The van der Waals surface area contributed by atoms with Crippen molar-refractivity contribution in [3.63, 3.8) is 0 Å². The van der Waals surface area contributed by atoms with Gasteiger partial charge < -0.3 is 54.7 Å². The van der Waals surface area contributed by atoms with Gasteiger partial charge in [0.2, 0.25) is 0 Å². The van der Waals surface area contributed by atoms with Crippen LogP contribution in [-0.2, 0) is 23.8 Å². The smallest absolute Gasteiger partial charge is 0.312 e. The Bertz CT molecular complexity index is 2220. The van der Waals surface area contributed by atoms with E-state index in [9.17, 15) is 39.9 Å². The van der Waals surface area contributed by atoms with Gasteiger partial charge in [0, 0.05) is 80.8 Å². The molecule has 16 nitrogen and oxygen atoms in total. The lowest BCUT2D eigenvalue weighted by Crippen LogP contribution is -2.46. The highest BCUT2D eigenvalue weighted by Gasteiger charge is 2.50. The van der Waals surface area contributed by atoms with Gasteiger partial charge in [-0.15, -0.1) is 0 Å². The van der Waals surface area contributed by atoms with Gasteiger partial charge in [-0.1, -0.05) is 85.0 Å². The summed E-state index contributed by atoms with van der Waals surface area (Å²) in [5, 5.41) is 67.9. The summed E-state index contributed by atoms with van der Waals surface area (Å²) in [5.41, 5.74) is -0.293. The van der Waals surface area contributed by atoms with Crippen molar-refractivity contribution in [1.29, 1.82) is 0 Å². The highest BCUT2D eigenvalue weighted by Crippen LogP contribution is 2.55. The number of aromatic hydroxyl groups is 3. The molecule has 4 aliphatic heterocycles. The van der Waals surface area contributed by atoms with E-state index in [0.717, 1.165) is 32.5 Å². The summed E-state index contributed by atoms with van der Waals surface area (Å²) >= 11 is 0. The molecule has 6 N–H and O–H groups in total. The number of fused-ring (bicyclic) bond motifs is 14. The third-order valence-electron chi connectivity index (χ3n) is 13.8. The molecule has 0 aromatic heterocycles. The van der Waals surface area contributed by atoms with Gasteiger partial charge in [0.15, 0.2) is 5.75 Å². The van der Waals surface area contributed by atoms with Crippen LogP contribution in [0, 0.1) is 30.6 Å². The first-order chi connectivity index (χ1) is 31.8. The fourth-order valence-corrected chi connectivity index (χ4v) is 9.42. The SMILES string of the molecule is CCCCCCCCN1CCCN(/N=C\c2c3c(O)c4c(O)c(C)c5c(c4c2O)C(=O)[C@@](C)(O/C=C/[C@H](OC)[C@@H](C)[C@@H](OC(C)=O)[C@H](C)[C@@H](O)[C@H](C)[C@@H](O)[C@H](C)/C=C/C=C(/C)C(=O)N3)O5)CC1. The second kappa shape index (κ2) is 23.2. The Balaban J connectivity index is 1.61. The van der Waals surface area contributed by atoms with Gasteiger partial charge in [0.1, 0.15) is 23.4 Å². The Labute approximate surface area is 395 Å². The molecule has 16 heteroatoms. The zero-order valence-electron chi connectivity index (χ0n) is 41.0. The molecule has 6 rings (SSSR count). The average Bonchev–Trinajstić information content (AvgIpc) is 3.40. The maximum atomic E-state index is 14.6. The number of carbonyl (C=O) groups excluding carboxylic acids is 3. The number of hydrogen-bond donors (Lipinski definition) is 6. The Kier molecular flexibility index (Phi) is 18.3. The molecule has 4 heterocycles. The number of hydrogen-bond acceptors (Lipinski definition) is 15. The van der Waals surface area contributed by atoms with Crippen molar-refractivity contribution in [1.82, 2.24) is 9.91 Å². The number of esters is 1. The van der Waals surface area contributed by atoms with Crippen LogP contribution in [0.3, 0.4) is 0 Å². The number of carbonyl (C=O) groups is 3. The molecule has 0 radical (unpaired) electrons. The van der Waals surface area contributed by atoms with Crippen LogP contribution in [0.15, 0.2) is 41.2 Å². The Morgan fingerprint density at radius 1 is 0.910 bits per heavy atom. The number of amides is 1. The van der Waals surface area contributed by atoms with Crippen molar-refractivity contribution in [2.24, 2.45) is 28.8 Å². The third kappa shape index (κ3) is 11.9. The number of nitrogens with one attached hydrogen (secondary N) is 1. The number of nitrogens with zero attached hydrogens (tertiary/aromatic N) is 3. The van der Waals surface area contributed by atoms with Gasteiger partial charge in [0.05, 0.1) is 53.0 Å². The zero-order valence-corrected chi connectivity index (χ0v) is 41.0. The van der Waals surface area contributed by atoms with Crippen LogP contribution in [0.4, 0.5) is 5.69 Å². The molecule has 5 bridgehead atoms. The van der Waals surface area contributed by atoms with Crippen molar-refractivity contribution < 1.29 is 58.9 Å². The van der Waals surface area contributed by atoms with Crippen LogP contribution in [0.2, 0.25) is 0 Å². The van der Waals surface area contributed by atoms with Gasteiger partial charge >= 0.3 is 11.8 Å². The third-order valence-corrected chi connectivity index (χ3v) is 13.8. The van der Waals surface area contributed by atoms with E-state index >= 15 is 0 Å². The first kappa shape index (κ1) is 52.8. The summed E-state index contributed by atoms with van der Waals surface area (Å²) in [6.45, 7) is 18.7. The van der Waals surface area contributed by atoms with Crippen LogP contribution in [0.25, 0.3) is 10.8 Å². The van der Waals surface area contributed by atoms with Gasteiger partial charge in [-0.3, -0.25) is 19.4 Å². The lowest BCUT2D eigenvalue weighted by Gasteiger charge is -2.38. The molecule has 0 unspecified atom stereocenters. The van der Waals surface area contributed by atoms with Crippen molar-refractivity contribution in [2.75, 3.05) is 45.2 Å². The Morgan fingerprint density at radius 3 is 2.30 bits per heavy atom. The Hall–Kier alpha value is -5.16. The Morgan fingerprint density at radius 2 is 1.61 bits per heavy atom. The van der Waals surface area contributed by atoms with E-state index in [1.807, 2.05) is 5.01 Å². The van der Waals surface area contributed by atoms with Gasteiger partial charge in [-0.2, -0.15) is 5.10 Å². The molecule has 9 atom stereocenters. The fraction of sp³-hybridized carbons (Fsp3) is 0.608. The molecule has 1 saturated heterocycles. The molecule has 2 aromatic rings. The molecule has 67 heavy (non-hydrogen) atoms. The molecule has 370 valence electrons. The van der Waals surface area contributed by atoms with Gasteiger partial charge in [-0.25, -0.2) is 0 Å². The van der Waals surface area contributed by atoms with E-state index in [2.05, 4.69) is 17.1 Å². The van der Waals surface area contributed by atoms with Crippen LogP contribution >= 0.6 is 0 Å². The van der Waals surface area contributed by atoms with E-state index in [0.29, 0.717) is 13.1 Å². The predicted molar refractivity (Wildman–Crippen MR) is 257 cm³/mol. The maximum absolute atomic E-state index is 14.6. The molecule has 4 aliphatic rings. The van der Waals surface area contributed by atoms with Crippen LogP contribution in [-0.4, -0.2) is 129 Å². The van der Waals surface area contributed by atoms with Crippen LogP contribution in [0.1, 0.15) is 122 Å². The zero-order chi connectivity index (χ0) is 49.3. The summed E-state index contributed by atoms with van der Waals surface area (Å²) in [6.07, 6.45) is 13.1. The summed E-state index contributed by atoms with van der Waals surface area (Å²) in [4.78, 5) is 43.4. The maximum Gasteiger partial charge on any atom is 0.312 e. The van der Waals surface area contributed by atoms with E-state index in [-0.39, 0.29) is 44.5 Å². The van der Waals surface area contributed by atoms with Crippen LogP contribution < -0.4 is 10.1 Å². The monoisotopic (exact) mass is 935 g/mol. The summed E-state index contributed by atoms with van der Waals surface area (Å²) in [7, 11) is 1.45. The summed E-state index contributed by atoms with van der Waals surface area (Å²) in [5.74, 6) is -8.30. The number of phenolic OH excluding ortho intramolecular Hbond substituents is 3. The molecule has 0 spiro atoms. The van der Waals surface area contributed by atoms with Crippen LogP contribution in [0.5, 0.6) is 23.0 Å². The van der Waals surface area contributed by atoms with Gasteiger partial charge in [0.25, 0.3) is 11.7 Å². The molecule has 1 amide bonds. The molecular weight excluding hydrogens is 861 g/mol. The second-order valence-electron chi connectivity index (χ2n) is 18.8. The fourth-order valence-electron chi connectivity index (χ4n) is 9.42. The topological polar surface area (TPSA) is 220 Å². The standard InChI is InChI=1S/C51H74N4O12/c1-11-12-13-14-15-16-22-54-23-18-24-55(26-25-54)52-28-36-41-46(61)39-38(45(36)60)40-48(34(7)44(39)59)67-51(9,49(40)62)65-27-21-37(64-10)31(4)47(66-35(8)56)33(6)43(58)32(5)42(57)29(2)19-17-20-30(3)50(63)53-41/h17,19-21,27-29,31-33,37,42-43,47,57-61H,11-16,18,22-26H2,1-10H3,(H,53,63)/b19-17+,27-21+,30-20-,52-28-/t29-,31-,32-,33-,37+,42+,43+,47-,51+/m1/s1. The van der Waals surface area contributed by atoms with E-state index in [4.69, 9.17) is 24.0 Å². The van der Waals surface area contributed by atoms with Gasteiger partial charge in [-0.05, 0) is 45.9 Å². The average molecular weight is 935 g/mol. The number of unbranched alkanes of at least 4 members (excludes halogenated alkanes) is 5. The molecule has 2 aromatic carbocycles. The largest absolute Gasteiger partial charge is 0.507 e. The lowest BCUT2D eigenvalue weighted by molar-refractivity contribution is -0.160. The minimum absolute atomic E-state index is 0.0630. The minimum Gasteiger partial charge on any atom is -0.507 e. The number of aliphatic hydroxyl groups is 2. The highest BCUT2D eigenvalue weighted by molar-refractivity contribution is 6.23. The first-order valence-electron chi connectivity index (χ1n) is 23.9. The molecule has 1 fully saturated rings. The van der Waals surface area contributed by atoms with Crippen molar-refractivity contribution in [3.05, 3.63) is 52.8 Å². The van der Waals surface area contributed by atoms with E-state index in [1.54, 1.807) is 46.8 Å². The van der Waals surface area contributed by atoms with E-state index in [1.165, 1.54) is 84.6 Å². The normalized spacial score (nSPS) is 29.9. The van der Waals surface area contributed by atoms with Crippen molar-refractivity contribution >= 4 is 40.3 Å². The number of methoxy groups -OCH3 is 1. The number of aliphatic hydroxyl groups excluding tert-OH is 2. The lowest BCUT2D eigenvalue weighted by atomic mass is 9.78. The van der Waals surface area contributed by atoms with E-state index < -0.39 is 88.8 Å². The first-order valence-corrected chi connectivity index (χ1v) is 23.9. The number of phenols is 3. The number of ketones is 1. The summed E-state index contributed by atoms with van der Waals surface area (Å²) < 4.78 is 23.8. The predicted octanol–water partition coefficient (Wildman–Crippen LogP) is 7.46.